The lowest BCUT2D eigenvalue weighted by atomic mass is 10.0. The van der Waals surface area contributed by atoms with Crippen molar-refractivity contribution in [3.8, 4) is 0 Å². The molecule has 0 aliphatic heterocycles. The Morgan fingerprint density at radius 2 is 2.08 bits per heavy atom. The first-order valence-electron chi connectivity index (χ1n) is 3.76. The van der Waals surface area contributed by atoms with Crippen molar-refractivity contribution in [1.29, 1.82) is 0 Å². The predicted octanol–water partition coefficient (Wildman–Crippen LogP) is 2.53. The first kappa shape index (κ1) is 12.6. The highest BCUT2D eigenvalue weighted by atomic mass is 79.9. The Hall–Kier alpha value is 0.590. The summed E-state index contributed by atoms with van der Waals surface area (Å²) in [4.78, 5) is 10.8. The molecule has 0 spiro atoms. The third-order valence-corrected chi connectivity index (χ3v) is 3.59. The van der Waals surface area contributed by atoms with Crippen LogP contribution in [0.2, 0.25) is 0 Å². The van der Waals surface area contributed by atoms with Crippen molar-refractivity contribution in [2.45, 2.75) is 31.2 Å². The van der Waals surface area contributed by atoms with Gasteiger partial charge in [0, 0.05) is 5.33 Å². The maximum atomic E-state index is 11.0. The van der Waals surface area contributed by atoms with Gasteiger partial charge in [-0.2, -0.15) is 0 Å². The molecule has 0 aliphatic rings. The van der Waals surface area contributed by atoms with E-state index in [1.807, 2.05) is 13.8 Å². The molecule has 1 atom stereocenters. The molecule has 0 N–H and O–H groups in total. The first-order chi connectivity index (χ1) is 5.41. The zero-order valence-corrected chi connectivity index (χ0v) is 10.7. The summed E-state index contributed by atoms with van der Waals surface area (Å²) < 4.78 is 5.49. The zero-order valence-electron chi connectivity index (χ0n) is 7.56. The van der Waals surface area contributed by atoms with Gasteiger partial charge in [0.15, 0.2) is 0 Å². The molecule has 0 aliphatic carbocycles. The van der Waals surface area contributed by atoms with Gasteiger partial charge >= 0.3 is 0 Å². The fourth-order valence-corrected chi connectivity index (χ4v) is 1.16. The summed E-state index contributed by atoms with van der Waals surface area (Å²) in [6, 6.07) is 0. The molecule has 0 bridgehead atoms. The Balaban J connectivity index is 4.08. The number of ketones is 1. The Kier molecular flexibility index (Phi) is 5.61. The molecule has 0 radical (unpaired) electrons. The molecule has 0 aromatic heterocycles. The molecule has 0 saturated heterocycles. The van der Waals surface area contributed by atoms with Crippen LogP contribution in [0.5, 0.6) is 0 Å². The standard InChI is InChI=1S/C8H14Br2O2/c1-6(11)7(10)8(2,3)12-5-4-9/h7H,4-5H2,1-3H3. The van der Waals surface area contributed by atoms with Gasteiger partial charge in [-0.05, 0) is 20.8 Å². The highest BCUT2D eigenvalue weighted by Gasteiger charge is 2.31. The SMILES string of the molecule is CC(=O)C(Br)C(C)(C)OCCBr. The van der Waals surface area contributed by atoms with Crippen LogP contribution in [0.15, 0.2) is 0 Å². The van der Waals surface area contributed by atoms with E-state index >= 15 is 0 Å². The van der Waals surface area contributed by atoms with Crippen molar-refractivity contribution in [3.63, 3.8) is 0 Å². The summed E-state index contributed by atoms with van der Waals surface area (Å²) in [5, 5.41) is 0.786. The van der Waals surface area contributed by atoms with Gasteiger partial charge in [-0.3, -0.25) is 4.79 Å². The van der Waals surface area contributed by atoms with Crippen LogP contribution in [-0.2, 0) is 9.53 Å². The topological polar surface area (TPSA) is 26.3 Å². The average Bonchev–Trinajstić information content (AvgIpc) is 1.99. The number of halogens is 2. The minimum atomic E-state index is -0.431. The second-order valence-corrected chi connectivity index (χ2v) is 4.82. The molecule has 2 nitrogen and oxygen atoms in total. The molecule has 4 heteroatoms. The van der Waals surface area contributed by atoms with Crippen molar-refractivity contribution in [2.24, 2.45) is 0 Å². The fraction of sp³-hybridized carbons (Fsp3) is 0.875. The number of carbonyl (C=O) groups is 1. The predicted molar refractivity (Wildman–Crippen MR) is 57.2 cm³/mol. The van der Waals surface area contributed by atoms with Gasteiger partial charge in [-0.1, -0.05) is 31.9 Å². The van der Waals surface area contributed by atoms with Gasteiger partial charge in [0.2, 0.25) is 0 Å². The third-order valence-electron chi connectivity index (χ3n) is 1.52. The largest absolute Gasteiger partial charge is 0.373 e. The number of Topliss-reactive ketones (excluding diaryl/α,β-unsaturated/α-hetero) is 1. The van der Waals surface area contributed by atoms with E-state index in [1.165, 1.54) is 0 Å². The fourth-order valence-electron chi connectivity index (χ4n) is 0.864. The molecular weight excluding hydrogens is 288 g/mol. The molecule has 0 saturated carbocycles. The van der Waals surface area contributed by atoms with Crippen LogP contribution in [0.1, 0.15) is 20.8 Å². The highest BCUT2D eigenvalue weighted by Crippen LogP contribution is 2.22. The van der Waals surface area contributed by atoms with Crippen LogP contribution in [0.3, 0.4) is 0 Å². The second kappa shape index (κ2) is 5.35. The normalized spacial score (nSPS) is 14.4. The Bertz CT molecular complexity index is 157. The van der Waals surface area contributed by atoms with E-state index in [-0.39, 0.29) is 10.6 Å². The van der Waals surface area contributed by atoms with Crippen molar-refractivity contribution < 1.29 is 9.53 Å². The lowest BCUT2D eigenvalue weighted by Crippen LogP contribution is -2.39. The summed E-state index contributed by atoms with van der Waals surface area (Å²) in [6.45, 7) is 5.97. The van der Waals surface area contributed by atoms with Gasteiger partial charge in [-0.15, -0.1) is 0 Å². The summed E-state index contributed by atoms with van der Waals surface area (Å²) >= 11 is 6.57. The van der Waals surface area contributed by atoms with E-state index in [0.717, 1.165) is 5.33 Å². The number of alkyl halides is 2. The van der Waals surface area contributed by atoms with Crippen LogP contribution < -0.4 is 0 Å². The number of hydrogen-bond acceptors (Lipinski definition) is 2. The molecule has 12 heavy (non-hydrogen) atoms. The van der Waals surface area contributed by atoms with E-state index in [1.54, 1.807) is 6.92 Å². The van der Waals surface area contributed by atoms with Crippen LogP contribution in [0.4, 0.5) is 0 Å². The van der Waals surface area contributed by atoms with Gasteiger partial charge in [0.05, 0.1) is 12.2 Å². The summed E-state index contributed by atoms with van der Waals surface area (Å²) in [6.07, 6.45) is 0. The number of carbonyl (C=O) groups excluding carboxylic acids is 1. The lowest BCUT2D eigenvalue weighted by Gasteiger charge is -2.28. The van der Waals surface area contributed by atoms with Crippen molar-refractivity contribution in [3.05, 3.63) is 0 Å². The second-order valence-electron chi connectivity index (χ2n) is 3.11. The Labute approximate surface area is 90.3 Å². The van der Waals surface area contributed by atoms with Crippen LogP contribution in [-0.4, -0.2) is 28.1 Å². The van der Waals surface area contributed by atoms with Gasteiger partial charge < -0.3 is 4.74 Å². The maximum Gasteiger partial charge on any atom is 0.146 e. The first-order valence-corrected chi connectivity index (χ1v) is 5.80. The zero-order chi connectivity index (χ0) is 9.78. The van der Waals surface area contributed by atoms with E-state index in [4.69, 9.17) is 4.74 Å². The molecule has 0 heterocycles. The number of ether oxygens (including phenoxy) is 1. The van der Waals surface area contributed by atoms with Gasteiger partial charge in [0.25, 0.3) is 0 Å². The van der Waals surface area contributed by atoms with Crippen molar-refractivity contribution in [2.75, 3.05) is 11.9 Å². The van der Waals surface area contributed by atoms with Crippen molar-refractivity contribution >= 4 is 37.6 Å². The quantitative estimate of drug-likeness (QED) is 0.730. The molecule has 1 unspecified atom stereocenters. The summed E-state index contributed by atoms with van der Waals surface area (Å²) in [5.74, 6) is 0.0922. The minimum Gasteiger partial charge on any atom is -0.373 e. The van der Waals surface area contributed by atoms with E-state index in [9.17, 15) is 4.79 Å². The maximum absolute atomic E-state index is 11.0. The van der Waals surface area contributed by atoms with Crippen LogP contribution in [0, 0.1) is 0 Å². The van der Waals surface area contributed by atoms with E-state index < -0.39 is 5.60 Å². The monoisotopic (exact) mass is 300 g/mol. The summed E-state index contributed by atoms with van der Waals surface area (Å²) in [5.41, 5.74) is -0.431. The lowest BCUT2D eigenvalue weighted by molar-refractivity contribution is -0.121. The Morgan fingerprint density at radius 1 is 1.58 bits per heavy atom. The molecular formula is C8H14Br2O2. The molecule has 0 amide bonds. The van der Waals surface area contributed by atoms with Crippen molar-refractivity contribution in [1.82, 2.24) is 0 Å². The van der Waals surface area contributed by atoms with Gasteiger partial charge in [-0.25, -0.2) is 0 Å². The molecule has 0 fully saturated rings. The molecule has 0 rings (SSSR count). The number of hydrogen-bond donors (Lipinski definition) is 0. The average molecular weight is 302 g/mol. The molecule has 72 valence electrons. The van der Waals surface area contributed by atoms with E-state index in [2.05, 4.69) is 31.9 Å². The molecule has 0 aromatic rings. The van der Waals surface area contributed by atoms with Crippen LogP contribution >= 0.6 is 31.9 Å². The number of rotatable bonds is 5. The van der Waals surface area contributed by atoms with Gasteiger partial charge in [0.1, 0.15) is 10.6 Å². The summed E-state index contributed by atoms with van der Waals surface area (Å²) in [7, 11) is 0. The molecule has 0 aromatic carbocycles. The highest BCUT2D eigenvalue weighted by molar-refractivity contribution is 9.10. The third kappa shape index (κ3) is 4.01. The minimum absolute atomic E-state index is 0.0922. The smallest absolute Gasteiger partial charge is 0.146 e. The van der Waals surface area contributed by atoms with Crippen LogP contribution in [0.25, 0.3) is 0 Å². The Morgan fingerprint density at radius 3 is 2.42 bits per heavy atom. The van der Waals surface area contributed by atoms with E-state index in [0.29, 0.717) is 6.61 Å².